The maximum atomic E-state index is 14.8. The van der Waals surface area contributed by atoms with Gasteiger partial charge in [0.2, 0.25) is 0 Å². The number of nitrogens with one attached hydrogen (secondary N) is 1. The van der Waals surface area contributed by atoms with E-state index in [-0.39, 0.29) is 32.3 Å². The Morgan fingerprint density at radius 3 is 2.50 bits per heavy atom. The van der Waals surface area contributed by atoms with Crippen LogP contribution in [0.2, 0.25) is 10.2 Å². The number of hydrogen-bond acceptors (Lipinski definition) is 5. The summed E-state index contributed by atoms with van der Waals surface area (Å²) in [6.07, 6.45) is -1.57. The fourth-order valence-electron chi connectivity index (χ4n) is 2.88. The molecule has 162 valence electrons. The van der Waals surface area contributed by atoms with Gasteiger partial charge in [-0.05, 0) is 30.3 Å². The normalized spacial score (nSPS) is 10.7. The molecule has 0 spiro atoms. The summed E-state index contributed by atoms with van der Waals surface area (Å²) >= 11 is 12.1. The number of rotatable bonds is 4. The summed E-state index contributed by atoms with van der Waals surface area (Å²) in [6.45, 7) is 0. The fraction of sp³-hybridized carbons (Fsp3) is 0. The summed E-state index contributed by atoms with van der Waals surface area (Å²) in [5.74, 6) is -0.658. The Labute approximate surface area is 189 Å². The van der Waals surface area contributed by atoms with Gasteiger partial charge in [0.15, 0.2) is 5.82 Å². The van der Waals surface area contributed by atoms with Gasteiger partial charge < -0.3 is 19.6 Å². The predicted molar refractivity (Wildman–Crippen MR) is 116 cm³/mol. The Kier molecular flexibility index (Phi) is 5.85. The lowest BCUT2D eigenvalue weighted by molar-refractivity contribution is 0.187. The highest BCUT2D eigenvalue weighted by molar-refractivity contribution is 6.45. The minimum absolute atomic E-state index is 0.0221. The number of amides is 2. The quantitative estimate of drug-likeness (QED) is 0.349. The van der Waals surface area contributed by atoms with Crippen LogP contribution in [-0.4, -0.2) is 27.3 Å². The van der Waals surface area contributed by atoms with Crippen LogP contribution in [0.3, 0.4) is 0 Å². The molecule has 2 aromatic carbocycles. The van der Waals surface area contributed by atoms with Crippen molar-refractivity contribution in [3.8, 4) is 17.2 Å². The van der Waals surface area contributed by atoms with Crippen LogP contribution in [0.15, 0.2) is 60.8 Å². The second kappa shape index (κ2) is 8.74. The molecule has 0 aliphatic carbocycles. The van der Waals surface area contributed by atoms with Crippen LogP contribution < -0.4 is 14.4 Å². The van der Waals surface area contributed by atoms with Gasteiger partial charge in [0.05, 0.1) is 16.1 Å². The summed E-state index contributed by atoms with van der Waals surface area (Å²) in [5.41, 5.74) is -0.163. The van der Waals surface area contributed by atoms with Gasteiger partial charge in [0.1, 0.15) is 28.0 Å². The molecule has 2 heterocycles. The molecule has 32 heavy (non-hydrogen) atoms. The number of ether oxygens (including phenoxy) is 2. The van der Waals surface area contributed by atoms with Crippen molar-refractivity contribution < 1.29 is 28.6 Å². The number of nitrogens with zero attached hydrogens (tertiary/aromatic N) is 2. The summed E-state index contributed by atoms with van der Waals surface area (Å²) in [7, 11) is 0. The molecule has 11 heteroatoms. The minimum Gasteiger partial charge on any atom is -0.464 e. The van der Waals surface area contributed by atoms with Crippen molar-refractivity contribution in [3.63, 3.8) is 0 Å². The van der Waals surface area contributed by atoms with Gasteiger partial charge in [-0.3, -0.25) is 0 Å². The van der Waals surface area contributed by atoms with Gasteiger partial charge in [-0.1, -0.05) is 41.4 Å². The van der Waals surface area contributed by atoms with Crippen LogP contribution in [0.5, 0.6) is 17.2 Å². The van der Waals surface area contributed by atoms with Crippen LogP contribution in [0.1, 0.15) is 0 Å². The zero-order valence-electron chi connectivity index (χ0n) is 15.9. The Hall–Kier alpha value is -3.82. The molecular weight excluding hydrogens is 464 g/mol. The average Bonchev–Trinajstić information content (AvgIpc) is 3.05. The number of aromatic amines is 1. The molecule has 0 saturated heterocycles. The molecule has 0 atom stereocenters. The van der Waals surface area contributed by atoms with Crippen molar-refractivity contribution in [3.05, 3.63) is 76.8 Å². The number of carbonyl (C=O) groups is 2. The maximum Gasteiger partial charge on any atom is 0.429 e. The molecule has 0 aliphatic heterocycles. The summed E-state index contributed by atoms with van der Waals surface area (Å²) in [6, 6.07) is 12.6. The number of anilines is 1. The zero-order valence-corrected chi connectivity index (χ0v) is 17.4. The molecule has 0 saturated carbocycles. The lowest BCUT2D eigenvalue weighted by atomic mass is 10.2. The van der Waals surface area contributed by atoms with E-state index >= 15 is 0 Å². The van der Waals surface area contributed by atoms with Crippen molar-refractivity contribution in [1.29, 1.82) is 0 Å². The van der Waals surface area contributed by atoms with Crippen LogP contribution in [-0.2, 0) is 0 Å². The van der Waals surface area contributed by atoms with Gasteiger partial charge in [0.25, 0.3) is 0 Å². The number of halogens is 3. The van der Waals surface area contributed by atoms with Crippen LogP contribution in [0.4, 0.5) is 19.7 Å². The summed E-state index contributed by atoms with van der Waals surface area (Å²) in [5, 5.41) is 10.2. The van der Waals surface area contributed by atoms with Gasteiger partial charge >= 0.3 is 12.2 Å². The van der Waals surface area contributed by atoms with E-state index in [0.29, 0.717) is 11.0 Å². The standard InChI is InChI=1S/C21H12Cl2FN3O5/c22-17-16-15(8-9-25-19(16)26-18(17)23)31-12-6-7-14(13(24)10-12)27(20(28)29)21(30)32-11-4-2-1-3-5-11/h1-10H,(H,25,26)(H,28,29). The maximum absolute atomic E-state index is 14.8. The fourth-order valence-corrected chi connectivity index (χ4v) is 3.29. The number of aromatic nitrogens is 2. The molecule has 2 amide bonds. The molecule has 0 unspecified atom stereocenters. The Morgan fingerprint density at radius 2 is 1.81 bits per heavy atom. The van der Waals surface area contributed by atoms with Gasteiger partial charge in [-0.15, -0.1) is 0 Å². The summed E-state index contributed by atoms with van der Waals surface area (Å²) < 4.78 is 25.5. The number of imide groups is 1. The number of H-pyrrole nitrogens is 1. The predicted octanol–water partition coefficient (Wildman–Crippen LogP) is 6.48. The van der Waals surface area contributed by atoms with Crippen LogP contribution in [0.25, 0.3) is 11.0 Å². The van der Waals surface area contributed by atoms with E-state index in [4.69, 9.17) is 32.7 Å². The van der Waals surface area contributed by atoms with Gasteiger partial charge in [-0.2, -0.15) is 4.90 Å². The first-order valence-electron chi connectivity index (χ1n) is 8.94. The van der Waals surface area contributed by atoms with Gasteiger partial charge in [-0.25, -0.2) is 19.0 Å². The smallest absolute Gasteiger partial charge is 0.429 e. The van der Waals surface area contributed by atoms with E-state index in [0.717, 1.165) is 12.1 Å². The van der Waals surface area contributed by atoms with Crippen molar-refractivity contribution in [2.45, 2.75) is 0 Å². The first kappa shape index (κ1) is 21.4. The van der Waals surface area contributed by atoms with Crippen molar-refractivity contribution in [2.24, 2.45) is 0 Å². The number of para-hydroxylation sites is 1. The molecule has 0 aliphatic rings. The number of benzene rings is 2. The molecule has 4 rings (SSSR count). The van der Waals surface area contributed by atoms with Crippen LogP contribution >= 0.6 is 23.2 Å². The molecule has 0 radical (unpaired) electrons. The van der Waals surface area contributed by atoms with E-state index in [9.17, 15) is 19.1 Å². The second-order valence-electron chi connectivity index (χ2n) is 6.30. The van der Waals surface area contributed by atoms with E-state index in [1.165, 1.54) is 30.5 Å². The Balaban J connectivity index is 1.62. The molecule has 0 fully saturated rings. The Bertz CT molecular complexity index is 1330. The number of fused-ring (bicyclic) bond motifs is 1. The third-order valence-electron chi connectivity index (χ3n) is 4.26. The largest absolute Gasteiger partial charge is 0.464 e. The third kappa shape index (κ3) is 4.16. The van der Waals surface area contributed by atoms with E-state index in [1.807, 2.05) is 0 Å². The number of hydrogen-bond donors (Lipinski definition) is 2. The van der Waals surface area contributed by atoms with Crippen molar-refractivity contribution in [2.75, 3.05) is 4.90 Å². The zero-order chi connectivity index (χ0) is 22.8. The molecular formula is C21H12Cl2FN3O5. The topological polar surface area (TPSA) is 105 Å². The highest BCUT2D eigenvalue weighted by Gasteiger charge is 2.28. The third-order valence-corrected chi connectivity index (χ3v) is 5.02. The number of pyridine rings is 1. The second-order valence-corrected chi connectivity index (χ2v) is 7.06. The molecule has 2 N–H and O–H groups in total. The first-order valence-corrected chi connectivity index (χ1v) is 9.69. The lowest BCUT2D eigenvalue weighted by Crippen LogP contribution is -2.38. The first-order chi connectivity index (χ1) is 15.3. The molecule has 0 bridgehead atoms. The SMILES string of the molecule is O=C(O)N(C(=O)Oc1ccccc1)c1ccc(Oc2ccnc3[nH]c(Cl)c(Cl)c23)cc1F. The van der Waals surface area contributed by atoms with Crippen LogP contribution in [0, 0.1) is 5.82 Å². The monoisotopic (exact) mass is 475 g/mol. The molecule has 8 nitrogen and oxygen atoms in total. The van der Waals surface area contributed by atoms with Crippen molar-refractivity contribution >= 4 is 52.1 Å². The molecule has 2 aromatic heterocycles. The highest BCUT2D eigenvalue weighted by Crippen LogP contribution is 2.38. The molecule has 4 aromatic rings. The number of carbonyl (C=O) groups excluding carboxylic acids is 1. The summed E-state index contributed by atoms with van der Waals surface area (Å²) in [4.78, 5) is 31.0. The lowest BCUT2D eigenvalue weighted by Gasteiger charge is -2.18. The minimum atomic E-state index is -1.72. The van der Waals surface area contributed by atoms with E-state index in [1.54, 1.807) is 18.2 Å². The Morgan fingerprint density at radius 1 is 1.06 bits per heavy atom. The van der Waals surface area contributed by atoms with E-state index < -0.39 is 23.7 Å². The van der Waals surface area contributed by atoms with Gasteiger partial charge in [0, 0.05) is 12.3 Å². The van der Waals surface area contributed by atoms with Crippen molar-refractivity contribution in [1.82, 2.24) is 9.97 Å². The average molecular weight is 476 g/mol. The number of carboxylic acid groups (broad SMARTS) is 1. The highest BCUT2D eigenvalue weighted by atomic mass is 35.5. The van der Waals surface area contributed by atoms with E-state index in [2.05, 4.69) is 9.97 Å².